The molecule has 4 nitrogen and oxygen atoms in total. The van der Waals surface area contributed by atoms with Crippen molar-refractivity contribution in [3.63, 3.8) is 0 Å². The van der Waals surface area contributed by atoms with Crippen LogP contribution >= 0.6 is 11.3 Å². The van der Waals surface area contributed by atoms with Crippen LogP contribution in [0.4, 0.5) is 0 Å². The average Bonchev–Trinajstić information content (AvgIpc) is 2.92. The molecule has 5 heteroatoms. The van der Waals surface area contributed by atoms with E-state index in [9.17, 15) is 4.79 Å². The van der Waals surface area contributed by atoms with Gasteiger partial charge in [-0.15, -0.1) is 0 Å². The number of nitrogens with zero attached hydrogens (tertiary/aromatic N) is 3. The summed E-state index contributed by atoms with van der Waals surface area (Å²) in [7, 11) is 0. The maximum Gasteiger partial charge on any atom is 0.280 e. The minimum atomic E-state index is 0.0179. The van der Waals surface area contributed by atoms with Gasteiger partial charge in [-0.3, -0.25) is 9.36 Å². The highest BCUT2D eigenvalue weighted by Crippen LogP contribution is 2.28. The fourth-order valence-corrected chi connectivity index (χ4v) is 3.70. The Bertz CT molecular complexity index is 877. The molecule has 1 aliphatic heterocycles. The maximum atomic E-state index is 12.5. The summed E-state index contributed by atoms with van der Waals surface area (Å²) < 4.78 is 1.80. The summed E-state index contributed by atoms with van der Waals surface area (Å²) in [6, 6.07) is 8.22. The van der Waals surface area contributed by atoms with Gasteiger partial charge in [0.05, 0.1) is 0 Å². The summed E-state index contributed by atoms with van der Waals surface area (Å²) >= 11 is 1.51. The minimum absolute atomic E-state index is 0.0179. The van der Waals surface area contributed by atoms with Crippen molar-refractivity contribution in [2.75, 3.05) is 0 Å². The number of benzene rings is 1. The van der Waals surface area contributed by atoms with E-state index in [0.717, 1.165) is 47.0 Å². The first kappa shape index (κ1) is 12.7. The molecule has 3 heterocycles. The van der Waals surface area contributed by atoms with Crippen molar-refractivity contribution in [1.82, 2.24) is 14.5 Å². The van der Waals surface area contributed by atoms with Crippen LogP contribution in [0.3, 0.4) is 0 Å². The van der Waals surface area contributed by atoms with Crippen molar-refractivity contribution in [2.24, 2.45) is 0 Å². The SMILES string of the molecule is Cc1ccc(-c2nc3c(=O)n4c(nc3s2)CCCC4)cc1. The van der Waals surface area contributed by atoms with Gasteiger partial charge in [-0.2, -0.15) is 0 Å². The molecule has 106 valence electrons. The molecule has 0 atom stereocenters. The van der Waals surface area contributed by atoms with E-state index in [2.05, 4.69) is 29.0 Å². The maximum absolute atomic E-state index is 12.5. The largest absolute Gasteiger partial charge is 0.295 e. The van der Waals surface area contributed by atoms with Crippen molar-refractivity contribution in [2.45, 2.75) is 32.7 Å². The van der Waals surface area contributed by atoms with E-state index in [-0.39, 0.29) is 5.56 Å². The van der Waals surface area contributed by atoms with Crippen LogP contribution < -0.4 is 5.56 Å². The van der Waals surface area contributed by atoms with E-state index >= 15 is 0 Å². The third-order valence-electron chi connectivity index (χ3n) is 3.93. The predicted molar refractivity (Wildman–Crippen MR) is 84.8 cm³/mol. The van der Waals surface area contributed by atoms with E-state index in [1.165, 1.54) is 16.9 Å². The van der Waals surface area contributed by atoms with Gasteiger partial charge >= 0.3 is 0 Å². The summed E-state index contributed by atoms with van der Waals surface area (Å²) in [5.74, 6) is 0.915. The zero-order valence-corrected chi connectivity index (χ0v) is 12.6. The summed E-state index contributed by atoms with van der Waals surface area (Å²) in [6.07, 6.45) is 3.06. The Morgan fingerprint density at radius 1 is 1.14 bits per heavy atom. The Kier molecular flexibility index (Phi) is 2.89. The second-order valence-electron chi connectivity index (χ2n) is 5.48. The van der Waals surface area contributed by atoms with E-state index in [1.807, 2.05) is 12.1 Å². The molecule has 3 aromatic rings. The number of hydrogen-bond acceptors (Lipinski definition) is 4. The van der Waals surface area contributed by atoms with Gasteiger partial charge in [0.2, 0.25) is 0 Å². The molecule has 1 aromatic carbocycles. The van der Waals surface area contributed by atoms with Crippen LogP contribution in [-0.4, -0.2) is 14.5 Å². The first-order valence-electron chi connectivity index (χ1n) is 7.20. The van der Waals surface area contributed by atoms with Gasteiger partial charge in [0.1, 0.15) is 10.8 Å². The van der Waals surface area contributed by atoms with Crippen molar-refractivity contribution >= 4 is 21.7 Å². The second kappa shape index (κ2) is 4.77. The fourth-order valence-electron chi connectivity index (χ4n) is 2.74. The molecule has 0 aliphatic carbocycles. The number of aryl methyl sites for hydroxylation is 2. The lowest BCUT2D eigenvalue weighted by Gasteiger charge is -2.16. The normalized spacial score (nSPS) is 14.3. The van der Waals surface area contributed by atoms with Gasteiger partial charge < -0.3 is 0 Å². The molecule has 0 N–H and O–H groups in total. The third-order valence-corrected chi connectivity index (χ3v) is 4.93. The Balaban J connectivity index is 1.92. The number of hydrogen-bond donors (Lipinski definition) is 0. The van der Waals surface area contributed by atoms with Gasteiger partial charge in [0.25, 0.3) is 5.56 Å². The van der Waals surface area contributed by atoms with Gasteiger partial charge in [-0.1, -0.05) is 41.2 Å². The zero-order chi connectivity index (χ0) is 14.4. The number of fused-ring (bicyclic) bond motifs is 2. The minimum Gasteiger partial charge on any atom is -0.295 e. The molecule has 4 rings (SSSR count). The van der Waals surface area contributed by atoms with Crippen LogP contribution in [0.5, 0.6) is 0 Å². The molecular weight excluding hydrogens is 282 g/mol. The lowest BCUT2D eigenvalue weighted by molar-refractivity contribution is 0.501. The first-order chi connectivity index (χ1) is 10.2. The first-order valence-corrected chi connectivity index (χ1v) is 8.01. The number of rotatable bonds is 1. The quantitative estimate of drug-likeness (QED) is 0.693. The molecule has 0 saturated carbocycles. The summed E-state index contributed by atoms with van der Waals surface area (Å²) in [5.41, 5.74) is 2.80. The average molecular weight is 297 g/mol. The van der Waals surface area contributed by atoms with Crippen molar-refractivity contribution in [1.29, 1.82) is 0 Å². The predicted octanol–water partition coefficient (Wildman–Crippen LogP) is 3.16. The Labute approximate surface area is 126 Å². The van der Waals surface area contributed by atoms with Crippen LogP contribution in [0.1, 0.15) is 24.2 Å². The van der Waals surface area contributed by atoms with Crippen LogP contribution in [0.15, 0.2) is 29.1 Å². The molecule has 21 heavy (non-hydrogen) atoms. The van der Waals surface area contributed by atoms with Gasteiger partial charge in [-0.05, 0) is 19.8 Å². The molecule has 0 saturated heterocycles. The monoisotopic (exact) mass is 297 g/mol. The van der Waals surface area contributed by atoms with Crippen molar-refractivity contribution < 1.29 is 0 Å². The van der Waals surface area contributed by atoms with Gasteiger partial charge in [0.15, 0.2) is 10.3 Å². The highest BCUT2D eigenvalue weighted by Gasteiger charge is 2.18. The third kappa shape index (κ3) is 2.08. The van der Waals surface area contributed by atoms with Crippen LogP contribution in [0.25, 0.3) is 20.9 Å². The number of aromatic nitrogens is 3. The van der Waals surface area contributed by atoms with Crippen molar-refractivity contribution in [3.8, 4) is 10.6 Å². The molecular formula is C16H15N3OS. The highest BCUT2D eigenvalue weighted by atomic mass is 32.1. The Hall–Kier alpha value is -2.01. The lowest BCUT2D eigenvalue weighted by Crippen LogP contribution is -2.28. The van der Waals surface area contributed by atoms with Gasteiger partial charge in [-0.25, -0.2) is 9.97 Å². The van der Waals surface area contributed by atoms with Crippen LogP contribution in [-0.2, 0) is 13.0 Å². The highest BCUT2D eigenvalue weighted by molar-refractivity contribution is 7.21. The lowest BCUT2D eigenvalue weighted by atomic mass is 10.1. The molecule has 0 unspecified atom stereocenters. The molecule has 0 bridgehead atoms. The Morgan fingerprint density at radius 2 is 1.95 bits per heavy atom. The summed E-state index contributed by atoms with van der Waals surface area (Å²) in [6.45, 7) is 2.83. The molecule has 1 aliphatic rings. The summed E-state index contributed by atoms with van der Waals surface area (Å²) in [4.78, 5) is 22.5. The second-order valence-corrected chi connectivity index (χ2v) is 6.46. The molecule has 0 fully saturated rings. The molecule has 0 radical (unpaired) electrons. The van der Waals surface area contributed by atoms with Crippen LogP contribution in [0.2, 0.25) is 0 Å². The smallest absolute Gasteiger partial charge is 0.280 e. The van der Waals surface area contributed by atoms with E-state index < -0.39 is 0 Å². The molecule has 0 amide bonds. The van der Waals surface area contributed by atoms with Crippen molar-refractivity contribution in [3.05, 3.63) is 46.0 Å². The summed E-state index contributed by atoms with van der Waals surface area (Å²) in [5, 5.41) is 0.873. The van der Waals surface area contributed by atoms with Gasteiger partial charge in [0, 0.05) is 18.5 Å². The molecule has 2 aromatic heterocycles. The Morgan fingerprint density at radius 3 is 2.76 bits per heavy atom. The van der Waals surface area contributed by atoms with E-state index in [0.29, 0.717) is 5.52 Å². The van der Waals surface area contributed by atoms with E-state index in [4.69, 9.17) is 0 Å². The standard InChI is InChI=1S/C16H15N3OS/c1-10-5-7-11(8-6-10)14-18-13-15(21-14)17-12-4-2-3-9-19(12)16(13)20/h5-8H,2-4,9H2,1H3. The topological polar surface area (TPSA) is 47.8 Å². The fraction of sp³-hybridized carbons (Fsp3) is 0.312. The molecule has 0 spiro atoms. The van der Waals surface area contributed by atoms with Crippen LogP contribution in [0, 0.1) is 6.92 Å². The zero-order valence-electron chi connectivity index (χ0n) is 11.8. The van der Waals surface area contributed by atoms with E-state index in [1.54, 1.807) is 4.57 Å². The number of thiazole rings is 1.